The summed E-state index contributed by atoms with van der Waals surface area (Å²) in [6, 6.07) is 0.218. The molecule has 2 fully saturated rings. The number of nitrogens with zero attached hydrogens (tertiary/aromatic N) is 1. The standard InChI is InChI=1S/C14H26N4O2/c1-11-9-15-7-8-18(11)10-13(19)17-14(20)16-12-5-3-2-4-6-12/h11-12,15H,2-10H2,1H3,(H2,16,17,19,20). The topological polar surface area (TPSA) is 73.5 Å². The van der Waals surface area contributed by atoms with Crippen LogP contribution in [0.4, 0.5) is 4.79 Å². The molecular formula is C14H26N4O2. The second-order valence-electron chi connectivity index (χ2n) is 5.88. The van der Waals surface area contributed by atoms with E-state index >= 15 is 0 Å². The average Bonchev–Trinajstić information content (AvgIpc) is 2.42. The lowest BCUT2D eigenvalue weighted by molar-refractivity contribution is -0.121. The van der Waals surface area contributed by atoms with Crippen LogP contribution in [0.15, 0.2) is 0 Å². The van der Waals surface area contributed by atoms with Crippen LogP contribution < -0.4 is 16.0 Å². The highest BCUT2D eigenvalue weighted by Crippen LogP contribution is 2.17. The molecule has 0 radical (unpaired) electrons. The quantitative estimate of drug-likeness (QED) is 0.702. The van der Waals surface area contributed by atoms with E-state index in [-0.39, 0.29) is 18.0 Å². The molecule has 1 unspecified atom stereocenters. The lowest BCUT2D eigenvalue weighted by Crippen LogP contribution is -2.54. The van der Waals surface area contributed by atoms with Crippen molar-refractivity contribution < 1.29 is 9.59 Å². The zero-order chi connectivity index (χ0) is 14.4. The first-order valence-corrected chi connectivity index (χ1v) is 7.70. The number of carbonyl (C=O) groups is 2. The molecule has 20 heavy (non-hydrogen) atoms. The van der Waals surface area contributed by atoms with Gasteiger partial charge in [0.1, 0.15) is 0 Å². The molecule has 0 spiro atoms. The largest absolute Gasteiger partial charge is 0.335 e. The number of imide groups is 1. The number of amides is 3. The summed E-state index contributed by atoms with van der Waals surface area (Å²) in [5, 5.41) is 8.62. The van der Waals surface area contributed by atoms with Gasteiger partial charge in [-0.3, -0.25) is 15.0 Å². The van der Waals surface area contributed by atoms with Crippen LogP contribution in [0.25, 0.3) is 0 Å². The normalized spacial score (nSPS) is 25.1. The molecule has 1 atom stereocenters. The molecule has 1 saturated heterocycles. The third-order valence-electron chi connectivity index (χ3n) is 4.18. The smallest absolute Gasteiger partial charge is 0.321 e. The average molecular weight is 282 g/mol. The Labute approximate surface area is 120 Å². The van der Waals surface area contributed by atoms with Gasteiger partial charge in [-0.15, -0.1) is 0 Å². The molecule has 0 aromatic rings. The Kier molecular flexibility index (Phi) is 5.79. The predicted molar refractivity (Wildman–Crippen MR) is 77.5 cm³/mol. The number of hydrogen-bond acceptors (Lipinski definition) is 4. The van der Waals surface area contributed by atoms with Crippen LogP contribution >= 0.6 is 0 Å². The molecule has 3 N–H and O–H groups in total. The zero-order valence-electron chi connectivity index (χ0n) is 12.3. The summed E-state index contributed by atoms with van der Waals surface area (Å²) >= 11 is 0. The number of nitrogens with one attached hydrogen (secondary N) is 3. The molecule has 2 rings (SSSR count). The molecule has 1 saturated carbocycles. The van der Waals surface area contributed by atoms with Crippen LogP contribution in [0.2, 0.25) is 0 Å². The van der Waals surface area contributed by atoms with E-state index in [2.05, 4.69) is 27.8 Å². The summed E-state index contributed by atoms with van der Waals surface area (Å²) in [7, 11) is 0. The van der Waals surface area contributed by atoms with Crippen LogP contribution in [-0.2, 0) is 4.79 Å². The molecule has 0 bridgehead atoms. The molecule has 1 aliphatic carbocycles. The van der Waals surface area contributed by atoms with E-state index in [1.807, 2.05) is 0 Å². The second kappa shape index (κ2) is 7.59. The van der Waals surface area contributed by atoms with Crippen molar-refractivity contribution in [1.29, 1.82) is 0 Å². The fourth-order valence-corrected chi connectivity index (χ4v) is 2.94. The number of rotatable bonds is 3. The van der Waals surface area contributed by atoms with Crippen LogP contribution in [-0.4, -0.2) is 55.1 Å². The Morgan fingerprint density at radius 3 is 2.70 bits per heavy atom. The van der Waals surface area contributed by atoms with Crippen molar-refractivity contribution >= 4 is 11.9 Å². The van der Waals surface area contributed by atoms with Crippen LogP contribution in [0.1, 0.15) is 39.0 Å². The molecular weight excluding hydrogens is 256 g/mol. The minimum atomic E-state index is -0.343. The maximum Gasteiger partial charge on any atom is 0.321 e. The Hall–Kier alpha value is -1.14. The SMILES string of the molecule is CC1CNCCN1CC(=O)NC(=O)NC1CCCCC1. The predicted octanol–water partition coefficient (Wildman–Crippen LogP) is 0.439. The van der Waals surface area contributed by atoms with E-state index in [0.717, 1.165) is 45.3 Å². The second-order valence-corrected chi connectivity index (χ2v) is 5.88. The molecule has 3 amide bonds. The molecule has 1 heterocycles. The van der Waals surface area contributed by atoms with Crippen molar-refractivity contribution in [3.8, 4) is 0 Å². The zero-order valence-corrected chi connectivity index (χ0v) is 12.3. The minimum Gasteiger partial charge on any atom is -0.335 e. The van der Waals surface area contributed by atoms with E-state index in [1.165, 1.54) is 6.42 Å². The van der Waals surface area contributed by atoms with E-state index in [0.29, 0.717) is 12.6 Å². The Morgan fingerprint density at radius 1 is 1.25 bits per heavy atom. The first-order chi connectivity index (χ1) is 9.65. The molecule has 0 aromatic carbocycles. The van der Waals surface area contributed by atoms with Gasteiger partial charge < -0.3 is 10.6 Å². The first kappa shape index (κ1) is 15.3. The Bertz CT molecular complexity index is 342. The highest BCUT2D eigenvalue weighted by molar-refractivity contribution is 5.95. The van der Waals surface area contributed by atoms with Gasteiger partial charge in [0.05, 0.1) is 6.54 Å². The summed E-state index contributed by atoms with van der Waals surface area (Å²) in [6.45, 7) is 5.01. The van der Waals surface area contributed by atoms with Crippen molar-refractivity contribution in [2.24, 2.45) is 0 Å². The third-order valence-corrected chi connectivity index (χ3v) is 4.18. The Balaban J connectivity index is 1.68. The summed E-state index contributed by atoms with van der Waals surface area (Å²) in [5.41, 5.74) is 0. The van der Waals surface area contributed by atoms with Gasteiger partial charge in [0.2, 0.25) is 5.91 Å². The molecule has 1 aliphatic heterocycles. The van der Waals surface area contributed by atoms with Gasteiger partial charge in [0.25, 0.3) is 0 Å². The highest BCUT2D eigenvalue weighted by atomic mass is 16.2. The van der Waals surface area contributed by atoms with E-state index in [9.17, 15) is 9.59 Å². The molecule has 2 aliphatic rings. The van der Waals surface area contributed by atoms with Gasteiger partial charge >= 0.3 is 6.03 Å². The van der Waals surface area contributed by atoms with Crippen LogP contribution in [0.3, 0.4) is 0 Å². The lowest BCUT2D eigenvalue weighted by atomic mass is 9.96. The van der Waals surface area contributed by atoms with Crippen molar-refractivity contribution in [3.63, 3.8) is 0 Å². The minimum absolute atomic E-state index is 0.216. The lowest BCUT2D eigenvalue weighted by Gasteiger charge is -2.33. The fourth-order valence-electron chi connectivity index (χ4n) is 2.94. The van der Waals surface area contributed by atoms with Gasteiger partial charge in [0, 0.05) is 31.7 Å². The summed E-state index contributed by atoms with van der Waals surface area (Å²) < 4.78 is 0. The summed E-state index contributed by atoms with van der Waals surface area (Å²) in [4.78, 5) is 25.7. The maximum absolute atomic E-state index is 11.9. The van der Waals surface area contributed by atoms with Crippen molar-refractivity contribution in [2.75, 3.05) is 26.2 Å². The van der Waals surface area contributed by atoms with E-state index in [4.69, 9.17) is 0 Å². The summed E-state index contributed by atoms with van der Waals surface area (Å²) in [5.74, 6) is -0.216. The maximum atomic E-state index is 11.9. The van der Waals surface area contributed by atoms with Crippen molar-refractivity contribution in [2.45, 2.75) is 51.1 Å². The van der Waals surface area contributed by atoms with Gasteiger partial charge in [-0.05, 0) is 19.8 Å². The van der Waals surface area contributed by atoms with E-state index < -0.39 is 0 Å². The molecule has 6 heteroatoms. The fraction of sp³-hybridized carbons (Fsp3) is 0.857. The number of carbonyl (C=O) groups excluding carboxylic acids is 2. The number of piperazine rings is 1. The van der Waals surface area contributed by atoms with Gasteiger partial charge in [-0.2, -0.15) is 0 Å². The first-order valence-electron chi connectivity index (χ1n) is 7.70. The van der Waals surface area contributed by atoms with Crippen LogP contribution in [0.5, 0.6) is 0 Å². The Morgan fingerprint density at radius 2 is 2.00 bits per heavy atom. The van der Waals surface area contributed by atoms with Gasteiger partial charge in [0.15, 0.2) is 0 Å². The molecule has 114 valence electrons. The van der Waals surface area contributed by atoms with E-state index in [1.54, 1.807) is 0 Å². The monoisotopic (exact) mass is 282 g/mol. The number of urea groups is 1. The van der Waals surface area contributed by atoms with Gasteiger partial charge in [-0.1, -0.05) is 19.3 Å². The molecule has 6 nitrogen and oxygen atoms in total. The van der Waals surface area contributed by atoms with Crippen molar-refractivity contribution in [3.05, 3.63) is 0 Å². The number of hydrogen-bond donors (Lipinski definition) is 3. The molecule has 0 aromatic heterocycles. The highest BCUT2D eigenvalue weighted by Gasteiger charge is 2.22. The third kappa shape index (κ3) is 4.76. The van der Waals surface area contributed by atoms with Crippen LogP contribution in [0, 0.1) is 0 Å². The van der Waals surface area contributed by atoms with Crippen molar-refractivity contribution in [1.82, 2.24) is 20.9 Å². The summed E-state index contributed by atoms with van der Waals surface area (Å²) in [6.07, 6.45) is 5.63. The van der Waals surface area contributed by atoms with Gasteiger partial charge in [-0.25, -0.2) is 4.79 Å².